The number of rotatable bonds is 6. The first-order valence-electron chi connectivity index (χ1n) is 10.4. The molecule has 0 aliphatic carbocycles. The average Bonchev–Trinajstić information content (AvgIpc) is 2.77. The predicted molar refractivity (Wildman–Crippen MR) is 111 cm³/mol. The van der Waals surface area contributed by atoms with E-state index in [0.29, 0.717) is 45.6 Å². The Morgan fingerprint density at radius 1 is 1.21 bits per heavy atom. The topological polar surface area (TPSA) is 79.0 Å². The first-order chi connectivity index (χ1) is 14.0. The highest BCUT2D eigenvalue weighted by atomic mass is 16.5. The lowest BCUT2D eigenvalue weighted by Gasteiger charge is -2.27. The molecule has 0 radical (unpaired) electrons. The van der Waals surface area contributed by atoms with Crippen LogP contribution in [0.2, 0.25) is 0 Å². The number of ether oxygens (including phenoxy) is 1. The Labute approximate surface area is 173 Å². The van der Waals surface area contributed by atoms with Crippen LogP contribution in [0.4, 0.5) is 0 Å². The number of amides is 3. The fraction of sp³-hybridized carbons (Fsp3) is 0.591. The lowest BCUT2D eigenvalue weighted by Crippen LogP contribution is -2.37. The van der Waals surface area contributed by atoms with Gasteiger partial charge >= 0.3 is 0 Å². The Morgan fingerprint density at radius 3 is 2.66 bits per heavy atom. The number of hydrogen-bond acceptors (Lipinski definition) is 4. The van der Waals surface area contributed by atoms with Crippen LogP contribution in [0.5, 0.6) is 0 Å². The van der Waals surface area contributed by atoms with Crippen LogP contribution in [0.25, 0.3) is 0 Å². The van der Waals surface area contributed by atoms with E-state index in [4.69, 9.17) is 4.74 Å². The molecule has 1 aliphatic heterocycles. The number of nitrogens with one attached hydrogen (secondary N) is 1. The molecule has 0 saturated carbocycles. The SMILES string of the molecule is CCN(Cc1ccccc1)C(=O)C1CCCN(C(=O)COC)CCC(=O)NCC1. The van der Waals surface area contributed by atoms with E-state index in [1.165, 1.54) is 7.11 Å². The molecule has 160 valence electrons. The molecule has 0 aromatic heterocycles. The van der Waals surface area contributed by atoms with Crippen molar-refractivity contribution in [2.45, 2.75) is 39.2 Å². The maximum absolute atomic E-state index is 13.2. The van der Waals surface area contributed by atoms with E-state index in [1.54, 1.807) is 4.90 Å². The van der Waals surface area contributed by atoms with Crippen molar-refractivity contribution in [3.8, 4) is 0 Å². The lowest BCUT2D eigenvalue weighted by molar-refractivity contribution is -0.136. The Balaban J connectivity index is 2.04. The summed E-state index contributed by atoms with van der Waals surface area (Å²) in [7, 11) is 1.48. The molecular formula is C22H33N3O4. The number of hydrogen-bond donors (Lipinski definition) is 1. The van der Waals surface area contributed by atoms with E-state index in [9.17, 15) is 14.4 Å². The molecule has 0 spiro atoms. The Kier molecular flexibility index (Phi) is 9.64. The quantitative estimate of drug-likeness (QED) is 0.786. The third-order valence-electron chi connectivity index (χ3n) is 5.28. The zero-order valence-corrected chi connectivity index (χ0v) is 17.6. The Hall–Kier alpha value is -2.41. The van der Waals surface area contributed by atoms with E-state index in [0.717, 1.165) is 12.0 Å². The van der Waals surface area contributed by atoms with Gasteiger partial charge in [-0.05, 0) is 31.7 Å². The third kappa shape index (κ3) is 7.49. The monoisotopic (exact) mass is 403 g/mol. The minimum atomic E-state index is -0.170. The van der Waals surface area contributed by atoms with Gasteiger partial charge in [0.1, 0.15) is 6.61 Å². The highest BCUT2D eigenvalue weighted by molar-refractivity contribution is 5.80. The van der Waals surface area contributed by atoms with Gasteiger partial charge in [-0.3, -0.25) is 14.4 Å². The van der Waals surface area contributed by atoms with Gasteiger partial charge in [0.05, 0.1) is 0 Å². The molecule has 29 heavy (non-hydrogen) atoms. The fourth-order valence-electron chi connectivity index (χ4n) is 3.61. The summed E-state index contributed by atoms with van der Waals surface area (Å²) in [5, 5.41) is 2.88. The minimum Gasteiger partial charge on any atom is -0.375 e. The van der Waals surface area contributed by atoms with Crippen LogP contribution in [-0.2, 0) is 25.7 Å². The highest BCUT2D eigenvalue weighted by Crippen LogP contribution is 2.18. The number of carbonyl (C=O) groups is 3. The van der Waals surface area contributed by atoms with Crippen molar-refractivity contribution in [2.75, 3.05) is 39.9 Å². The number of nitrogens with zero attached hydrogens (tertiary/aromatic N) is 2. The molecule has 1 aromatic carbocycles. The van der Waals surface area contributed by atoms with Crippen LogP contribution in [0.1, 0.15) is 38.2 Å². The van der Waals surface area contributed by atoms with Crippen molar-refractivity contribution in [2.24, 2.45) is 5.92 Å². The minimum absolute atomic E-state index is 0.00463. The summed E-state index contributed by atoms with van der Waals surface area (Å²) in [5.74, 6) is -0.275. The summed E-state index contributed by atoms with van der Waals surface area (Å²) < 4.78 is 4.95. The van der Waals surface area contributed by atoms with Gasteiger partial charge in [0.2, 0.25) is 17.7 Å². The summed E-state index contributed by atoms with van der Waals surface area (Å²) in [4.78, 5) is 41.0. The first-order valence-corrected chi connectivity index (χ1v) is 10.4. The molecule has 1 saturated heterocycles. The van der Waals surface area contributed by atoms with Gasteiger partial charge in [0.25, 0.3) is 0 Å². The average molecular weight is 404 g/mol. The van der Waals surface area contributed by atoms with Crippen LogP contribution in [0.3, 0.4) is 0 Å². The molecule has 1 aliphatic rings. The fourth-order valence-corrected chi connectivity index (χ4v) is 3.61. The smallest absolute Gasteiger partial charge is 0.248 e. The Morgan fingerprint density at radius 2 is 1.97 bits per heavy atom. The summed E-state index contributed by atoms with van der Waals surface area (Å²) in [5.41, 5.74) is 1.10. The second kappa shape index (κ2) is 12.2. The van der Waals surface area contributed by atoms with Gasteiger partial charge in [0.15, 0.2) is 0 Å². The van der Waals surface area contributed by atoms with E-state index in [2.05, 4.69) is 5.32 Å². The number of benzene rings is 1. The largest absolute Gasteiger partial charge is 0.375 e. The summed E-state index contributed by atoms with van der Waals surface area (Å²) in [6, 6.07) is 9.95. The third-order valence-corrected chi connectivity index (χ3v) is 5.28. The number of carbonyl (C=O) groups excluding carboxylic acids is 3. The van der Waals surface area contributed by atoms with E-state index in [-0.39, 0.29) is 36.7 Å². The Bertz CT molecular complexity index is 665. The van der Waals surface area contributed by atoms with Gasteiger partial charge in [0, 0.05) is 52.2 Å². The van der Waals surface area contributed by atoms with Crippen molar-refractivity contribution in [3.63, 3.8) is 0 Å². The van der Waals surface area contributed by atoms with Crippen LogP contribution in [-0.4, -0.2) is 67.4 Å². The van der Waals surface area contributed by atoms with Gasteiger partial charge in [-0.15, -0.1) is 0 Å². The van der Waals surface area contributed by atoms with Crippen molar-refractivity contribution in [1.82, 2.24) is 15.1 Å². The van der Waals surface area contributed by atoms with Gasteiger partial charge in [-0.25, -0.2) is 0 Å². The van der Waals surface area contributed by atoms with Crippen molar-refractivity contribution >= 4 is 17.7 Å². The van der Waals surface area contributed by atoms with Crippen LogP contribution in [0.15, 0.2) is 30.3 Å². The molecule has 1 aromatic rings. The second-order valence-electron chi connectivity index (χ2n) is 7.38. The van der Waals surface area contributed by atoms with Crippen molar-refractivity contribution in [3.05, 3.63) is 35.9 Å². The zero-order valence-electron chi connectivity index (χ0n) is 17.6. The molecule has 1 atom stereocenters. The molecular weight excluding hydrogens is 370 g/mol. The lowest BCUT2D eigenvalue weighted by atomic mass is 9.97. The maximum Gasteiger partial charge on any atom is 0.248 e. The van der Waals surface area contributed by atoms with Crippen LogP contribution >= 0.6 is 0 Å². The van der Waals surface area contributed by atoms with E-state index in [1.807, 2.05) is 42.2 Å². The molecule has 2 rings (SSSR count). The van der Waals surface area contributed by atoms with Crippen LogP contribution in [0, 0.1) is 5.92 Å². The van der Waals surface area contributed by atoms with Gasteiger partial charge in [-0.2, -0.15) is 0 Å². The molecule has 7 heteroatoms. The van der Waals surface area contributed by atoms with Crippen molar-refractivity contribution in [1.29, 1.82) is 0 Å². The van der Waals surface area contributed by atoms with E-state index < -0.39 is 0 Å². The summed E-state index contributed by atoms with van der Waals surface area (Å²) >= 11 is 0. The molecule has 1 fully saturated rings. The number of methoxy groups -OCH3 is 1. The normalized spacial score (nSPS) is 18.5. The van der Waals surface area contributed by atoms with Gasteiger partial charge < -0.3 is 19.9 Å². The highest BCUT2D eigenvalue weighted by Gasteiger charge is 2.25. The van der Waals surface area contributed by atoms with Crippen LogP contribution < -0.4 is 5.32 Å². The summed E-state index contributed by atoms with van der Waals surface area (Å²) in [6.07, 6.45) is 2.30. The molecule has 7 nitrogen and oxygen atoms in total. The molecule has 1 N–H and O–H groups in total. The molecule has 1 unspecified atom stereocenters. The van der Waals surface area contributed by atoms with Gasteiger partial charge in [-0.1, -0.05) is 30.3 Å². The standard InChI is InChI=1S/C22H33N3O4/c1-3-24(16-18-8-5-4-6-9-18)22(28)19-10-7-14-25(21(27)17-29-2)15-12-20(26)23-13-11-19/h4-6,8-9,19H,3,7,10-17H2,1-2H3,(H,23,26). The predicted octanol–water partition coefficient (Wildman–Crippen LogP) is 1.82. The molecule has 3 amide bonds. The second-order valence-corrected chi connectivity index (χ2v) is 7.38. The molecule has 0 bridgehead atoms. The van der Waals surface area contributed by atoms with Crippen molar-refractivity contribution < 1.29 is 19.1 Å². The van der Waals surface area contributed by atoms with E-state index >= 15 is 0 Å². The maximum atomic E-state index is 13.2. The first kappa shape index (κ1) is 22.9. The summed E-state index contributed by atoms with van der Waals surface area (Å²) in [6.45, 7) is 4.59. The molecule has 1 heterocycles. The zero-order chi connectivity index (χ0) is 21.1.